The normalized spacial score (nSPS) is 13.9. The van der Waals surface area contributed by atoms with Crippen LogP contribution in [0.4, 0.5) is 0 Å². The molecule has 0 aliphatic rings. The number of benzene rings is 1. The lowest BCUT2D eigenvalue weighted by molar-refractivity contribution is 0.0608. The highest BCUT2D eigenvalue weighted by Gasteiger charge is 2.14. The maximum atomic E-state index is 9.04. The second-order valence-corrected chi connectivity index (χ2v) is 5.06. The number of ether oxygens (including phenoxy) is 1. The van der Waals surface area contributed by atoms with E-state index < -0.39 is 0 Å². The fraction of sp³-hybridized carbons (Fsp3) is 0.400. The molecule has 0 aliphatic carbocycles. The number of allylic oxidation sites excluding steroid dienone is 2. The van der Waals surface area contributed by atoms with E-state index in [0.717, 1.165) is 0 Å². The first-order valence-electron chi connectivity index (χ1n) is 5.78. The van der Waals surface area contributed by atoms with Gasteiger partial charge in [-0.2, -0.15) is 5.26 Å². The van der Waals surface area contributed by atoms with Crippen molar-refractivity contribution in [3.63, 3.8) is 0 Å². The zero-order valence-electron chi connectivity index (χ0n) is 10.9. The molecule has 0 N–H and O–H groups in total. The molecule has 0 saturated carbocycles. The van der Waals surface area contributed by atoms with Crippen LogP contribution in [0.2, 0.25) is 0 Å². The van der Waals surface area contributed by atoms with Crippen molar-refractivity contribution in [2.75, 3.05) is 0 Å². The van der Waals surface area contributed by atoms with Gasteiger partial charge >= 0.3 is 0 Å². The lowest BCUT2D eigenvalue weighted by atomic mass is 10.0. The number of nitriles is 1. The minimum Gasteiger partial charge on any atom is -0.478 e. The molecule has 0 heterocycles. The summed E-state index contributed by atoms with van der Waals surface area (Å²) in [5.41, 5.74) is 0.843. The van der Waals surface area contributed by atoms with Crippen molar-refractivity contribution in [3.8, 4) is 6.07 Å². The van der Waals surface area contributed by atoms with Crippen LogP contribution in [-0.4, -0.2) is 5.60 Å². The summed E-state index contributed by atoms with van der Waals surface area (Å²) in [5.74, 6) is 0.557. The minimum atomic E-state index is -0.335. The van der Waals surface area contributed by atoms with E-state index in [2.05, 4.69) is 13.0 Å². The molecule has 0 aliphatic heterocycles. The molecule has 1 aromatic rings. The Morgan fingerprint density at radius 1 is 1.29 bits per heavy atom. The van der Waals surface area contributed by atoms with Crippen LogP contribution >= 0.6 is 0 Å². The zero-order valence-corrected chi connectivity index (χ0v) is 10.9. The highest BCUT2D eigenvalue weighted by molar-refractivity contribution is 5.27. The fourth-order valence-corrected chi connectivity index (χ4v) is 1.50. The van der Waals surface area contributed by atoms with Crippen molar-refractivity contribution >= 4 is 0 Å². The molecule has 1 atom stereocenters. The number of rotatable bonds is 3. The van der Waals surface area contributed by atoms with E-state index in [1.807, 2.05) is 57.2 Å². The Kier molecular flexibility index (Phi) is 4.34. The molecule has 0 aromatic heterocycles. The van der Waals surface area contributed by atoms with Gasteiger partial charge in [0.2, 0.25) is 0 Å². The van der Waals surface area contributed by atoms with Crippen molar-refractivity contribution in [2.45, 2.75) is 39.2 Å². The first kappa shape index (κ1) is 13.3. The summed E-state index contributed by atoms with van der Waals surface area (Å²) in [7, 11) is 0. The van der Waals surface area contributed by atoms with Gasteiger partial charge in [-0.05, 0) is 32.4 Å². The average molecular weight is 229 g/mol. The van der Waals surface area contributed by atoms with E-state index in [1.54, 1.807) is 0 Å². The van der Waals surface area contributed by atoms with Crippen molar-refractivity contribution in [2.24, 2.45) is 0 Å². The molecule has 0 bridgehead atoms. The molecule has 90 valence electrons. The van der Waals surface area contributed by atoms with Gasteiger partial charge in [0.15, 0.2) is 5.76 Å². The Morgan fingerprint density at radius 3 is 2.35 bits per heavy atom. The predicted octanol–water partition coefficient (Wildman–Crippen LogP) is 4.01. The van der Waals surface area contributed by atoms with Gasteiger partial charge in [0, 0.05) is 5.92 Å². The first-order chi connectivity index (χ1) is 7.92. The molecule has 17 heavy (non-hydrogen) atoms. The Morgan fingerprint density at radius 2 is 1.88 bits per heavy atom. The molecule has 2 nitrogen and oxygen atoms in total. The Hall–Kier alpha value is -1.75. The highest BCUT2D eigenvalue weighted by Crippen LogP contribution is 2.20. The molecule has 0 saturated heterocycles. The Labute approximate surface area is 104 Å². The topological polar surface area (TPSA) is 33.0 Å². The van der Waals surface area contributed by atoms with Crippen molar-refractivity contribution in [3.05, 3.63) is 47.7 Å². The Balaban J connectivity index is 2.83. The average Bonchev–Trinajstić information content (AvgIpc) is 2.27. The number of hydrogen-bond donors (Lipinski definition) is 0. The molecular weight excluding hydrogens is 210 g/mol. The van der Waals surface area contributed by atoms with Crippen LogP contribution in [0.1, 0.15) is 39.2 Å². The molecule has 1 rings (SSSR count). The molecule has 0 radical (unpaired) electrons. The standard InChI is InChI=1S/C15H19NO/c1-12(13-8-6-5-7-9-13)10-14(11-16)17-15(2,3)4/h5-10,12H,1-4H3/b14-10+. The van der Waals surface area contributed by atoms with Gasteiger partial charge in [-0.1, -0.05) is 37.3 Å². The van der Waals surface area contributed by atoms with Crippen LogP contribution in [-0.2, 0) is 4.74 Å². The fourth-order valence-electron chi connectivity index (χ4n) is 1.50. The molecule has 0 fully saturated rings. The van der Waals surface area contributed by atoms with Gasteiger partial charge in [-0.3, -0.25) is 0 Å². The van der Waals surface area contributed by atoms with Crippen molar-refractivity contribution in [1.29, 1.82) is 5.26 Å². The van der Waals surface area contributed by atoms with Gasteiger partial charge in [-0.15, -0.1) is 0 Å². The highest BCUT2D eigenvalue weighted by atomic mass is 16.5. The van der Waals surface area contributed by atoms with Gasteiger partial charge in [0.1, 0.15) is 11.7 Å². The summed E-state index contributed by atoms with van der Waals surface area (Å²) in [6.07, 6.45) is 1.86. The van der Waals surface area contributed by atoms with Gasteiger partial charge in [-0.25, -0.2) is 0 Å². The van der Waals surface area contributed by atoms with Gasteiger partial charge in [0.25, 0.3) is 0 Å². The second-order valence-electron chi connectivity index (χ2n) is 5.06. The molecule has 1 aromatic carbocycles. The third kappa shape index (κ3) is 4.74. The van der Waals surface area contributed by atoms with E-state index >= 15 is 0 Å². The minimum absolute atomic E-state index is 0.174. The quantitative estimate of drug-likeness (QED) is 0.579. The van der Waals surface area contributed by atoms with E-state index in [9.17, 15) is 0 Å². The maximum absolute atomic E-state index is 9.04. The summed E-state index contributed by atoms with van der Waals surface area (Å²) >= 11 is 0. The smallest absolute Gasteiger partial charge is 0.194 e. The lowest BCUT2D eigenvalue weighted by Gasteiger charge is -2.20. The third-order valence-electron chi connectivity index (χ3n) is 2.25. The second kappa shape index (κ2) is 5.54. The third-order valence-corrected chi connectivity index (χ3v) is 2.25. The molecule has 0 spiro atoms. The first-order valence-corrected chi connectivity index (χ1v) is 5.78. The monoisotopic (exact) mass is 229 g/mol. The summed E-state index contributed by atoms with van der Waals surface area (Å²) in [6.45, 7) is 7.86. The molecule has 0 amide bonds. The molecular formula is C15H19NO. The molecule has 1 unspecified atom stereocenters. The predicted molar refractivity (Wildman–Crippen MR) is 69.4 cm³/mol. The number of hydrogen-bond acceptors (Lipinski definition) is 2. The van der Waals surface area contributed by atoms with Crippen LogP contribution in [0, 0.1) is 11.3 Å². The summed E-state index contributed by atoms with van der Waals surface area (Å²) in [6, 6.07) is 12.2. The van der Waals surface area contributed by atoms with E-state index in [0.29, 0.717) is 5.76 Å². The summed E-state index contributed by atoms with van der Waals surface area (Å²) in [4.78, 5) is 0. The summed E-state index contributed by atoms with van der Waals surface area (Å²) < 4.78 is 5.58. The van der Waals surface area contributed by atoms with E-state index in [4.69, 9.17) is 10.00 Å². The van der Waals surface area contributed by atoms with Crippen molar-refractivity contribution in [1.82, 2.24) is 0 Å². The summed E-state index contributed by atoms with van der Waals surface area (Å²) in [5, 5.41) is 9.04. The zero-order chi connectivity index (χ0) is 12.9. The molecule has 2 heteroatoms. The SMILES string of the molecule is CC(/C=C(\C#N)OC(C)(C)C)c1ccccc1. The van der Waals surface area contributed by atoms with Crippen LogP contribution < -0.4 is 0 Å². The van der Waals surface area contributed by atoms with Crippen LogP contribution in [0.15, 0.2) is 42.2 Å². The largest absolute Gasteiger partial charge is 0.478 e. The lowest BCUT2D eigenvalue weighted by Crippen LogP contribution is -2.18. The van der Waals surface area contributed by atoms with Gasteiger partial charge < -0.3 is 4.74 Å². The van der Waals surface area contributed by atoms with Crippen LogP contribution in [0.3, 0.4) is 0 Å². The van der Waals surface area contributed by atoms with Gasteiger partial charge in [0.05, 0.1) is 0 Å². The van der Waals surface area contributed by atoms with E-state index in [-0.39, 0.29) is 11.5 Å². The van der Waals surface area contributed by atoms with Crippen LogP contribution in [0.25, 0.3) is 0 Å². The van der Waals surface area contributed by atoms with Crippen molar-refractivity contribution < 1.29 is 4.74 Å². The van der Waals surface area contributed by atoms with E-state index in [1.165, 1.54) is 5.56 Å². The maximum Gasteiger partial charge on any atom is 0.194 e. The Bertz CT molecular complexity index is 420. The number of nitrogens with zero attached hydrogens (tertiary/aromatic N) is 1. The van der Waals surface area contributed by atoms with Crippen LogP contribution in [0.5, 0.6) is 0 Å².